The predicted octanol–water partition coefficient (Wildman–Crippen LogP) is 2.59. The van der Waals surface area contributed by atoms with Gasteiger partial charge in [-0.15, -0.1) is 0 Å². The summed E-state index contributed by atoms with van der Waals surface area (Å²) in [4.78, 5) is 0. The van der Waals surface area contributed by atoms with Crippen LogP contribution in [0, 0.1) is 5.92 Å². The molecule has 2 aromatic carbocycles. The third-order valence-corrected chi connectivity index (χ3v) is 3.04. The summed E-state index contributed by atoms with van der Waals surface area (Å²) in [5.74, 6) is 0.911. The van der Waals surface area contributed by atoms with Crippen LogP contribution in [0.25, 0.3) is 0 Å². The fourth-order valence-corrected chi connectivity index (χ4v) is 1.94. The molecule has 0 radical (unpaired) electrons. The van der Waals surface area contributed by atoms with E-state index in [1.54, 1.807) is 18.2 Å². The SMILES string of the molecule is NCC(COc1ccccc1O)Cc1ccccc1. The Kier molecular flexibility index (Phi) is 4.81. The van der Waals surface area contributed by atoms with Crippen molar-refractivity contribution in [1.82, 2.24) is 0 Å². The molecule has 0 saturated carbocycles. The summed E-state index contributed by atoms with van der Waals surface area (Å²) >= 11 is 0. The Morgan fingerprint density at radius 3 is 2.37 bits per heavy atom. The minimum atomic E-state index is 0.165. The highest BCUT2D eigenvalue weighted by Gasteiger charge is 2.10. The Morgan fingerprint density at radius 1 is 1.00 bits per heavy atom. The van der Waals surface area contributed by atoms with Crippen molar-refractivity contribution in [3.05, 3.63) is 60.2 Å². The molecule has 0 aliphatic carbocycles. The molecule has 1 atom stereocenters. The molecule has 0 heterocycles. The van der Waals surface area contributed by atoms with Crippen LogP contribution in [0.2, 0.25) is 0 Å². The Bertz CT molecular complexity index is 499. The minimum absolute atomic E-state index is 0.165. The average Bonchev–Trinajstić information content (AvgIpc) is 2.46. The number of benzene rings is 2. The van der Waals surface area contributed by atoms with Gasteiger partial charge in [0.25, 0.3) is 0 Å². The van der Waals surface area contributed by atoms with Gasteiger partial charge in [-0.25, -0.2) is 0 Å². The van der Waals surface area contributed by atoms with E-state index in [9.17, 15) is 5.11 Å². The molecule has 3 heteroatoms. The molecule has 0 bridgehead atoms. The molecule has 3 nitrogen and oxygen atoms in total. The van der Waals surface area contributed by atoms with Crippen LogP contribution >= 0.6 is 0 Å². The van der Waals surface area contributed by atoms with E-state index in [1.807, 2.05) is 24.3 Å². The summed E-state index contributed by atoms with van der Waals surface area (Å²) in [6.07, 6.45) is 0.880. The standard InChI is InChI=1S/C16H19NO2/c17-11-14(10-13-6-2-1-3-7-13)12-19-16-9-5-4-8-15(16)18/h1-9,14,18H,10-12,17H2. The Hall–Kier alpha value is -2.00. The summed E-state index contributed by atoms with van der Waals surface area (Å²) in [5.41, 5.74) is 7.03. The number of para-hydroxylation sites is 2. The van der Waals surface area contributed by atoms with Crippen LogP contribution in [-0.4, -0.2) is 18.3 Å². The van der Waals surface area contributed by atoms with Gasteiger partial charge in [-0.1, -0.05) is 42.5 Å². The average molecular weight is 257 g/mol. The highest BCUT2D eigenvalue weighted by Crippen LogP contribution is 2.25. The number of rotatable bonds is 6. The van der Waals surface area contributed by atoms with Crippen LogP contribution in [0.3, 0.4) is 0 Å². The first kappa shape index (κ1) is 13.4. The van der Waals surface area contributed by atoms with E-state index < -0.39 is 0 Å². The van der Waals surface area contributed by atoms with Gasteiger partial charge < -0.3 is 15.6 Å². The minimum Gasteiger partial charge on any atom is -0.504 e. The lowest BCUT2D eigenvalue weighted by Crippen LogP contribution is -2.23. The quantitative estimate of drug-likeness (QED) is 0.836. The van der Waals surface area contributed by atoms with Crippen molar-refractivity contribution in [1.29, 1.82) is 0 Å². The molecule has 0 amide bonds. The second-order valence-electron chi connectivity index (χ2n) is 4.57. The van der Waals surface area contributed by atoms with E-state index in [2.05, 4.69) is 12.1 Å². The van der Waals surface area contributed by atoms with Crippen molar-refractivity contribution in [2.75, 3.05) is 13.2 Å². The maximum atomic E-state index is 9.63. The lowest BCUT2D eigenvalue weighted by Gasteiger charge is -2.16. The third-order valence-electron chi connectivity index (χ3n) is 3.04. The molecule has 2 aromatic rings. The molecule has 0 saturated heterocycles. The summed E-state index contributed by atoms with van der Waals surface area (Å²) in [6.45, 7) is 1.06. The molecule has 2 rings (SSSR count). The van der Waals surface area contributed by atoms with Crippen LogP contribution in [0.15, 0.2) is 54.6 Å². The lowest BCUT2D eigenvalue weighted by atomic mass is 10.0. The maximum Gasteiger partial charge on any atom is 0.160 e. The first-order valence-electron chi connectivity index (χ1n) is 6.44. The van der Waals surface area contributed by atoms with E-state index in [0.29, 0.717) is 18.9 Å². The monoisotopic (exact) mass is 257 g/mol. The zero-order valence-corrected chi connectivity index (χ0v) is 10.8. The van der Waals surface area contributed by atoms with Crippen LogP contribution in [0.4, 0.5) is 0 Å². The van der Waals surface area contributed by atoms with Crippen molar-refractivity contribution in [3.8, 4) is 11.5 Å². The van der Waals surface area contributed by atoms with Gasteiger partial charge in [0.2, 0.25) is 0 Å². The summed E-state index contributed by atoms with van der Waals surface area (Å²) in [7, 11) is 0. The van der Waals surface area contributed by atoms with Crippen molar-refractivity contribution in [2.24, 2.45) is 11.7 Å². The Labute approximate surface area is 113 Å². The smallest absolute Gasteiger partial charge is 0.160 e. The molecular weight excluding hydrogens is 238 g/mol. The van der Waals surface area contributed by atoms with Crippen molar-refractivity contribution in [2.45, 2.75) is 6.42 Å². The summed E-state index contributed by atoms with van der Waals surface area (Å²) < 4.78 is 5.63. The number of ether oxygens (including phenoxy) is 1. The highest BCUT2D eigenvalue weighted by atomic mass is 16.5. The first-order valence-corrected chi connectivity index (χ1v) is 6.44. The number of phenolic OH excluding ortho intramolecular Hbond substituents is 1. The molecule has 0 aliphatic heterocycles. The molecular formula is C16H19NO2. The van der Waals surface area contributed by atoms with Crippen molar-refractivity contribution < 1.29 is 9.84 Å². The molecule has 0 fully saturated rings. The largest absolute Gasteiger partial charge is 0.504 e. The number of aromatic hydroxyl groups is 1. The number of hydrogen-bond donors (Lipinski definition) is 2. The summed E-state index contributed by atoms with van der Waals surface area (Å²) in [6, 6.07) is 17.2. The number of phenols is 1. The Morgan fingerprint density at radius 2 is 1.68 bits per heavy atom. The highest BCUT2D eigenvalue weighted by molar-refractivity contribution is 5.37. The van der Waals surface area contributed by atoms with Crippen molar-refractivity contribution >= 4 is 0 Å². The van der Waals surface area contributed by atoms with Crippen molar-refractivity contribution in [3.63, 3.8) is 0 Å². The van der Waals surface area contributed by atoms with Gasteiger partial charge in [0.1, 0.15) is 0 Å². The summed E-state index contributed by atoms with van der Waals surface area (Å²) in [5, 5.41) is 9.63. The normalized spacial score (nSPS) is 12.1. The second kappa shape index (κ2) is 6.81. The molecule has 100 valence electrons. The molecule has 19 heavy (non-hydrogen) atoms. The molecule has 3 N–H and O–H groups in total. The fourth-order valence-electron chi connectivity index (χ4n) is 1.94. The van der Waals surface area contributed by atoms with E-state index in [-0.39, 0.29) is 11.7 Å². The van der Waals surface area contributed by atoms with Crippen LogP contribution in [-0.2, 0) is 6.42 Å². The zero-order chi connectivity index (χ0) is 13.5. The first-order chi connectivity index (χ1) is 9.29. The molecule has 0 aliphatic rings. The van der Waals surface area contributed by atoms with E-state index >= 15 is 0 Å². The predicted molar refractivity (Wildman–Crippen MR) is 76.3 cm³/mol. The van der Waals surface area contributed by atoms with E-state index in [1.165, 1.54) is 5.56 Å². The number of nitrogens with two attached hydrogens (primary N) is 1. The fraction of sp³-hybridized carbons (Fsp3) is 0.250. The van der Waals surface area contributed by atoms with E-state index in [4.69, 9.17) is 10.5 Å². The topological polar surface area (TPSA) is 55.5 Å². The molecule has 1 unspecified atom stereocenters. The number of hydrogen-bond acceptors (Lipinski definition) is 3. The van der Waals surface area contributed by atoms with Gasteiger partial charge in [0.15, 0.2) is 11.5 Å². The van der Waals surface area contributed by atoms with Crippen LogP contribution in [0.5, 0.6) is 11.5 Å². The van der Waals surface area contributed by atoms with Gasteiger partial charge in [0, 0.05) is 5.92 Å². The molecule has 0 spiro atoms. The van der Waals surface area contributed by atoms with Gasteiger partial charge in [-0.3, -0.25) is 0 Å². The van der Waals surface area contributed by atoms with Crippen LogP contribution < -0.4 is 10.5 Å². The Balaban J connectivity index is 1.91. The van der Waals surface area contributed by atoms with Gasteiger partial charge in [-0.05, 0) is 30.7 Å². The van der Waals surface area contributed by atoms with E-state index in [0.717, 1.165) is 6.42 Å². The van der Waals surface area contributed by atoms with Crippen LogP contribution in [0.1, 0.15) is 5.56 Å². The maximum absolute atomic E-state index is 9.63. The van der Waals surface area contributed by atoms with Gasteiger partial charge in [0.05, 0.1) is 6.61 Å². The zero-order valence-electron chi connectivity index (χ0n) is 10.8. The second-order valence-corrected chi connectivity index (χ2v) is 4.57. The molecule has 0 aromatic heterocycles. The van der Waals surface area contributed by atoms with Gasteiger partial charge >= 0.3 is 0 Å². The van der Waals surface area contributed by atoms with Gasteiger partial charge in [-0.2, -0.15) is 0 Å². The third kappa shape index (κ3) is 4.00. The lowest BCUT2D eigenvalue weighted by molar-refractivity contribution is 0.242.